The molecule has 80 valence electrons. The molecule has 0 amide bonds. The highest BCUT2D eigenvalue weighted by atomic mass is 32.2. The molecular formula is C10H13N3S2. The number of hydrogen-bond donors (Lipinski definition) is 0. The zero-order valence-electron chi connectivity index (χ0n) is 8.97. The number of nitrogens with zero attached hydrogens (tertiary/aromatic N) is 3. The van der Waals surface area contributed by atoms with Crippen LogP contribution in [0.2, 0.25) is 0 Å². The highest BCUT2D eigenvalue weighted by molar-refractivity contribution is 8.38. The summed E-state index contributed by atoms with van der Waals surface area (Å²) in [5, 5.41) is 8.26. The molecule has 0 radical (unpaired) electrons. The van der Waals surface area contributed by atoms with Crippen LogP contribution >= 0.6 is 23.5 Å². The Labute approximate surface area is 98.5 Å². The molecule has 0 aliphatic rings. The van der Waals surface area contributed by atoms with Gasteiger partial charge in [0.05, 0.1) is 11.4 Å². The van der Waals surface area contributed by atoms with E-state index in [1.54, 1.807) is 29.7 Å². The lowest BCUT2D eigenvalue weighted by Crippen LogP contribution is -1.96. The third-order valence-electron chi connectivity index (χ3n) is 1.67. The van der Waals surface area contributed by atoms with E-state index in [4.69, 9.17) is 0 Å². The van der Waals surface area contributed by atoms with Crippen LogP contribution in [0.5, 0.6) is 0 Å². The van der Waals surface area contributed by atoms with Gasteiger partial charge in [-0.3, -0.25) is 4.98 Å². The average Bonchev–Trinajstić information content (AvgIpc) is 2.31. The fourth-order valence-corrected chi connectivity index (χ4v) is 1.82. The number of pyridine rings is 1. The Kier molecular flexibility index (Phi) is 5.42. The number of rotatable bonds is 2. The van der Waals surface area contributed by atoms with E-state index in [-0.39, 0.29) is 0 Å². The standard InChI is InChI=1S/C10H13N3S2/c1-8(9-6-4-5-7-11-9)12-13-10(14-2)15-3/h4-7H,1-3H3. The molecule has 0 aromatic carbocycles. The van der Waals surface area contributed by atoms with Crippen LogP contribution in [-0.2, 0) is 0 Å². The van der Waals surface area contributed by atoms with Gasteiger partial charge in [-0.1, -0.05) is 6.07 Å². The summed E-state index contributed by atoms with van der Waals surface area (Å²) in [6, 6.07) is 5.75. The molecule has 1 rings (SSSR count). The topological polar surface area (TPSA) is 37.6 Å². The van der Waals surface area contributed by atoms with E-state index >= 15 is 0 Å². The van der Waals surface area contributed by atoms with Gasteiger partial charge in [-0.25, -0.2) is 0 Å². The minimum atomic E-state index is 0.830. The summed E-state index contributed by atoms with van der Waals surface area (Å²) in [5.41, 5.74) is 1.69. The normalized spacial score (nSPS) is 11.3. The van der Waals surface area contributed by atoms with Crippen molar-refractivity contribution in [1.29, 1.82) is 0 Å². The van der Waals surface area contributed by atoms with Crippen LogP contribution in [0.25, 0.3) is 0 Å². The average molecular weight is 239 g/mol. The molecule has 15 heavy (non-hydrogen) atoms. The summed E-state index contributed by atoms with van der Waals surface area (Å²) >= 11 is 3.19. The molecule has 0 unspecified atom stereocenters. The van der Waals surface area contributed by atoms with E-state index in [0.717, 1.165) is 15.8 Å². The van der Waals surface area contributed by atoms with Crippen molar-refractivity contribution in [1.82, 2.24) is 4.98 Å². The van der Waals surface area contributed by atoms with Crippen molar-refractivity contribution in [3.63, 3.8) is 0 Å². The first kappa shape index (κ1) is 12.3. The molecule has 0 saturated carbocycles. The molecule has 0 aliphatic carbocycles. The van der Waals surface area contributed by atoms with Crippen LogP contribution in [0.3, 0.4) is 0 Å². The van der Waals surface area contributed by atoms with Crippen LogP contribution in [0.1, 0.15) is 12.6 Å². The van der Waals surface area contributed by atoms with Gasteiger partial charge in [-0.2, -0.15) is 5.10 Å². The first-order valence-electron chi connectivity index (χ1n) is 4.39. The molecule has 0 aliphatic heterocycles. The van der Waals surface area contributed by atoms with Gasteiger partial charge in [0.15, 0.2) is 4.38 Å². The third-order valence-corrected chi connectivity index (χ3v) is 3.53. The van der Waals surface area contributed by atoms with Gasteiger partial charge in [-0.15, -0.1) is 28.6 Å². The van der Waals surface area contributed by atoms with Crippen molar-refractivity contribution >= 4 is 33.6 Å². The van der Waals surface area contributed by atoms with Crippen molar-refractivity contribution in [2.24, 2.45) is 10.2 Å². The Morgan fingerprint density at radius 1 is 1.20 bits per heavy atom. The smallest absolute Gasteiger partial charge is 0.152 e. The summed E-state index contributed by atoms with van der Waals surface area (Å²) < 4.78 is 0.949. The first-order chi connectivity index (χ1) is 7.27. The van der Waals surface area contributed by atoms with Gasteiger partial charge in [0.2, 0.25) is 0 Å². The van der Waals surface area contributed by atoms with Gasteiger partial charge in [0.1, 0.15) is 0 Å². The van der Waals surface area contributed by atoms with Crippen LogP contribution in [-0.4, -0.2) is 27.6 Å². The van der Waals surface area contributed by atoms with E-state index in [1.807, 2.05) is 37.6 Å². The summed E-state index contributed by atoms with van der Waals surface area (Å²) in [7, 11) is 0. The molecule has 0 spiro atoms. The fourth-order valence-electron chi connectivity index (χ4n) is 0.909. The zero-order chi connectivity index (χ0) is 11.1. The Balaban J connectivity index is 2.81. The van der Waals surface area contributed by atoms with Gasteiger partial charge in [0.25, 0.3) is 0 Å². The monoisotopic (exact) mass is 239 g/mol. The lowest BCUT2D eigenvalue weighted by Gasteiger charge is -1.97. The number of aromatic nitrogens is 1. The zero-order valence-corrected chi connectivity index (χ0v) is 10.6. The van der Waals surface area contributed by atoms with Crippen molar-refractivity contribution in [2.45, 2.75) is 6.92 Å². The molecule has 1 aromatic heterocycles. The van der Waals surface area contributed by atoms with E-state index in [2.05, 4.69) is 15.2 Å². The van der Waals surface area contributed by atoms with Crippen LogP contribution < -0.4 is 0 Å². The molecule has 1 aromatic rings. The third kappa shape index (κ3) is 4.05. The Bertz CT molecular complexity index is 354. The largest absolute Gasteiger partial charge is 0.255 e. The van der Waals surface area contributed by atoms with E-state index < -0.39 is 0 Å². The molecule has 3 nitrogen and oxygen atoms in total. The van der Waals surface area contributed by atoms with Crippen LogP contribution in [0, 0.1) is 0 Å². The van der Waals surface area contributed by atoms with Crippen molar-refractivity contribution in [3.8, 4) is 0 Å². The lowest BCUT2D eigenvalue weighted by atomic mass is 10.3. The molecule has 0 N–H and O–H groups in total. The summed E-state index contributed by atoms with van der Waals surface area (Å²) in [5.74, 6) is 0. The highest BCUT2D eigenvalue weighted by Gasteiger charge is 1.97. The first-order valence-corrected chi connectivity index (χ1v) is 6.84. The van der Waals surface area contributed by atoms with E-state index in [0.29, 0.717) is 0 Å². The van der Waals surface area contributed by atoms with Crippen molar-refractivity contribution in [3.05, 3.63) is 30.1 Å². The second-order valence-corrected chi connectivity index (χ2v) is 4.52. The van der Waals surface area contributed by atoms with Gasteiger partial charge in [0, 0.05) is 6.20 Å². The van der Waals surface area contributed by atoms with Gasteiger partial charge in [-0.05, 0) is 31.6 Å². The summed E-state index contributed by atoms with van der Waals surface area (Å²) in [6.07, 6.45) is 5.73. The molecule has 0 atom stereocenters. The van der Waals surface area contributed by atoms with Gasteiger partial charge < -0.3 is 0 Å². The van der Waals surface area contributed by atoms with Crippen molar-refractivity contribution in [2.75, 3.05) is 12.5 Å². The highest BCUT2D eigenvalue weighted by Crippen LogP contribution is 2.11. The van der Waals surface area contributed by atoms with Crippen molar-refractivity contribution < 1.29 is 0 Å². The minimum absolute atomic E-state index is 0.830. The molecule has 0 saturated heterocycles. The number of hydrogen-bond acceptors (Lipinski definition) is 5. The van der Waals surface area contributed by atoms with Crippen LogP contribution in [0.15, 0.2) is 34.6 Å². The Morgan fingerprint density at radius 3 is 2.47 bits per heavy atom. The maximum absolute atomic E-state index is 4.19. The molecule has 0 bridgehead atoms. The Hall–Kier alpha value is -0.810. The minimum Gasteiger partial charge on any atom is -0.255 e. The predicted octanol–water partition coefficient (Wildman–Crippen LogP) is 2.89. The fraction of sp³-hybridized carbons (Fsp3) is 0.300. The van der Waals surface area contributed by atoms with Crippen LogP contribution in [0.4, 0.5) is 0 Å². The second kappa shape index (κ2) is 6.63. The van der Waals surface area contributed by atoms with Gasteiger partial charge >= 0.3 is 0 Å². The quantitative estimate of drug-likeness (QED) is 0.452. The maximum Gasteiger partial charge on any atom is 0.152 e. The SMILES string of the molecule is CSC(=NN=C(C)c1ccccn1)SC. The predicted molar refractivity (Wildman–Crippen MR) is 70.9 cm³/mol. The van der Waals surface area contributed by atoms with E-state index in [1.165, 1.54) is 0 Å². The lowest BCUT2D eigenvalue weighted by molar-refractivity contribution is 1.21. The Morgan fingerprint density at radius 2 is 1.93 bits per heavy atom. The summed E-state index contributed by atoms with van der Waals surface area (Å²) in [6.45, 7) is 1.91. The molecule has 0 fully saturated rings. The molecular weight excluding hydrogens is 226 g/mol. The maximum atomic E-state index is 4.19. The second-order valence-electron chi connectivity index (χ2n) is 2.67. The molecule has 1 heterocycles. The molecule has 5 heteroatoms. The summed E-state index contributed by atoms with van der Waals surface area (Å²) in [4.78, 5) is 4.19. The number of thioether (sulfide) groups is 2. The van der Waals surface area contributed by atoms with E-state index in [9.17, 15) is 0 Å².